The predicted octanol–water partition coefficient (Wildman–Crippen LogP) is 2.63. The summed E-state index contributed by atoms with van der Waals surface area (Å²) in [5.74, 6) is 0. The fourth-order valence-corrected chi connectivity index (χ4v) is 2.71. The van der Waals surface area contributed by atoms with Gasteiger partial charge >= 0.3 is 0 Å². The summed E-state index contributed by atoms with van der Waals surface area (Å²) in [6, 6.07) is 5.33. The Morgan fingerprint density at radius 1 is 1.52 bits per heavy atom. The van der Waals surface area contributed by atoms with Crippen LogP contribution in [-0.2, 0) is 0 Å². The molecule has 0 saturated carbocycles. The molecule has 112 valence electrons. The molecular formula is C14H18N4O3. The predicted molar refractivity (Wildman–Crippen MR) is 79.4 cm³/mol. The monoisotopic (exact) mass is 290 g/mol. The van der Waals surface area contributed by atoms with Gasteiger partial charge in [-0.05, 0) is 32.5 Å². The molecule has 2 heterocycles. The second-order valence-corrected chi connectivity index (χ2v) is 5.44. The fourth-order valence-electron chi connectivity index (χ4n) is 2.71. The van der Waals surface area contributed by atoms with Crippen molar-refractivity contribution in [2.24, 2.45) is 0 Å². The average molecular weight is 290 g/mol. The largest absolute Gasteiger partial charge is 0.424 e. The quantitative estimate of drug-likeness (QED) is 0.688. The lowest BCUT2D eigenvalue weighted by Crippen LogP contribution is -2.40. The maximum Gasteiger partial charge on any atom is 0.295 e. The Kier molecular flexibility index (Phi) is 3.74. The smallest absolute Gasteiger partial charge is 0.295 e. The van der Waals surface area contributed by atoms with Gasteiger partial charge in [0.15, 0.2) is 5.58 Å². The van der Waals surface area contributed by atoms with Crippen molar-refractivity contribution in [2.45, 2.75) is 25.3 Å². The summed E-state index contributed by atoms with van der Waals surface area (Å²) < 4.78 is 5.57. The number of benzene rings is 1. The van der Waals surface area contributed by atoms with Crippen molar-refractivity contribution >= 4 is 22.8 Å². The molecule has 1 aliphatic rings. The van der Waals surface area contributed by atoms with E-state index in [0.717, 1.165) is 19.5 Å². The van der Waals surface area contributed by atoms with Crippen molar-refractivity contribution in [1.82, 2.24) is 9.88 Å². The van der Waals surface area contributed by atoms with E-state index in [1.54, 1.807) is 6.07 Å². The zero-order valence-electron chi connectivity index (χ0n) is 11.9. The minimum atomic E-state index is -0.432. The van der Waals surface area contributed by atoms with Crippen LogP contribution in [0.5, 0.6) is 0 Å². The van der Waals surface area contributed by atoms with Crippen molar-refractivity contribution < 1.29 is 9.34 Å². The molecule has 0 spiro atoms. The molecule has 0 amide bonds. The van der Waals surface area contributed by atoms with Gasteiger partial charge in [0.05, 0.1) is 4.92 Å². The van der Waals surface area contributed by atoms with Crippen LogP contribution in [0.1, 0.15) is 19.3 Å². The molecule has 1 fully saturated rings. The SMILES string of the molecule is CN1CCCCC1CNc1nc2cc([N+](=O)[O-])ccc2o1. The van der Waals surface area contributed by atoms with Gasteiger partial charge in [-0.15, -0.1) is 0 Å². The summed E-state index contributed by atoms with van der Waals surface area (Å²) in [7, 11) is 2.13. The third-order valence-corrected chi connectivity index (χ3v) is 3.99. The van der Waals surface area contributed by atoms with Crippen LogP contribution in [0, 0.1) is 10.1 Å². The maximum absolute atomic E-state index is 10.7. The first kappa shape index (κ1) is 13.8. The number of nitrogens with one attached hydrogen (secondary N) is 1. The van der Waals surface area contributed by atoms with Crippen LogP contribution in [0.15, 0.2) is 22.6 Å². The second-order valence-electron chi connectivity index (χ2n) is 5.44. The van der Waals surface area contributed by atoms with Gasteiger partial charge in [-0.1, -0.05) is 6.42 Å². The number of piperidine rings is 1. The van der Waals surface area contributed by atoms with E-state index < -0.39 is 4.92 Å². The van der Waals surface area contributed by atoms with Crippen LogP contribution in [0.2, 0.25) is 0 Å². The fraction of sp³-hybridized carbons (Fsp3) is 0.500. The highest BCUT2D eigenvalue weighted by Crippen LogP contribution is 2.24. The molecule has 3 rings (SSSR count). The molecule has 1 aliphatic heterocycles. The van der Waals surface area contributed by atoms with Gasteiger partial charge < -0.3 is 14.6 Å². The lowest BCUT2D eigenvalue weighted by Gasteiger charge is -2.32. The van der Waals surface area contributed by atoms with Crippen molar-refractivity contribution in [3.63, 3.8) is 0 Å². The number of likely N-dealkylation sites (tertiary alicyclic amines) is 1. The third-order valence-electron chi connectivity index (χ3n) is 3.99. The summed E-state index contributed by atoms with van der Waals surface area (Å²) in [6.45, 7) is 1.89. The van der Waals surface area contributed by atoms with E-state index in [0.29, 0.717) is 23.2 Å². The molecule has 1 unspecified atom stereocenters. The summed E-state index contributed by atoms with van der Waals surface area (Å²) in [4.78, 5) is 16.9. The molecule has 0 aliphatic carbocycles. The van der Waals surface area contributed by atoms with Gasteiger partial charge in [0.1, 0.15) is 5.52 Å². The van der Waals surface area contributed by atoms with Crippen molar-refractivity contribution in [1.29, 1.82) is 0 Å². The van der Waals surface area contributed by atoms with Crippen LogP contribution in [0.25, 0.3) is 11.1 Å². The highest BCUT2D eigenvalue weighted by Gasteiger charge is 2.19. The second kappa shape index (κ2) is 5.69. The number of fused-ring (bicyclic) bond motifs is 1. The number of nitro benzene ring substituents is 1. The summed E-state index contributed by atoms with van der Waals surface area (Å²) in [6.07, 6.45) is 3.66. The zero-order valence-corrected chi connectivity index (χ0v) is 11.9. The van der Waals surface area contributed by atoms with Gasteiger partial charge in [-0.25, -0.2) is 0 Å². The first-order chi connectivity index (χ1) is 10.1. The number of anilines is 1. The van der Waals surface area contributed by atoms with Crippen molar-refractivity contribution in [3.05, 3.63) is 28.3 Å². The molecule has 1 aromatic carbocycles. The number of hydrogen-bond donors (Lipinski definition) is 1. The molecule has 0 bridgehead atoms. The number of nitrogens with zero attached hydrogens (tertiary/aromatic N) is 3. The molecule has 1 aromatic heterocycles. The zero-order chi connectivity index (χ0) is 14.8. The normalized spacial score (nSPS) is 19.8. The molecule has 1 atom stereocenters. The van der Waals surface area contributed by atoms with Gasteiger partial charge in [-0.2, -0.15) is 4.98 Å². The Morgan fingerprint density at radius 3 is 3.14 bits per heavy atom. The van der Waals surface area contributed by atoms with E-state index in [-0.39, 0.29) is 5.69 Å². The van der Waals surface area contributed by atoms with Gasteiger partial charge in [-0.3, -0.25) is 10.1 Å². The van der Waals surface area contributed by atoms with Crippen LogP contribution in [-0.4, -0.2) is 41.0 Å². The minimum Gasteiger partial charge on any atom is -0.424 e. The lowest BCUT2D eigenvalue weighted by molar-refractivity contribution is -0.384. The third kappa shape index (κ3) is 2.97. The average Bonchev–Trinajstić information content (AvgIpc) is 2.88. The van der Waals surface area contributed by atoms with E-state index in [1.165, 1.54) is 25.0 Å². The maximum atomic E-state index is 10.7. The highest BCUT2D eigenvalue weighted by molar-refractivity contribution is 5.77. The first-order valence-corrected chi connectivity index (χ1v) is 7.12. The molecular weight excluding hydrogens is 272 g/mol. The van der Waals surface area contributed by atoms with Crippen LogP contribution in [0.4, 0.5) is 11.7 Å². The van der Waals surface area contributed by atoms with Gasteiger partial charge in [0.2, 0.25) is 0 Å². The Bertz CT molecular complexity index is 655. The van der Waals surface area contributed by atoms with E-state index in [2.05, 4.69) is 22.2 Å². The molecule has 21 heavy (non-hydrogen) atoms. The van der Waals surface area contributed by atoms with Crippen molar-refractivity contribution in [2.75, 3.05) is 25.5 Å². The Morgan fingerprint density at radius 2 is 2.38 bits per heavy atom. The molecule has 7 nitrogen and oxygen atoms in total. The minimum absolute atomic E-state index is 0.0226. The highest BCUT2D eigenvalue weighted by atomic mass is 16.6. The van der Waals surface area contributed by atoms with Crippen LogP contribution < -0.4 is 5.32 Å². The molecule has 1 N–H and O–H groups in total. The standard InChI is InChI=1S/C14H18N4O3/c1-17-7-3-2-4-11(17)9-15-14-16-12-8-10(18(19)20)5-6-13(12)21-14/h5-6,8,11H,2-4,7,9H2,1H3,(H,15,16). The van der Waals surface area contributed by atoms with Crippen molar-refractivity contribution in [3.8, 4) is 0 Å². The number of non-ortho nitro benzene ring substituents is 1. The number of nitro groups is 1. The molecule has 2 aromatic rings. The Hall–Kier alpha value is -2.15. The number of hydrogen-bond acceptors (Lipinski definition) is 6. The lowest BCUT2D eigenvalue weighted by atomic mass is 10.0. The van der Waals surface area contributed by atoms with Crippen LogP contribution >= 0.6 is 0 Å². The van der Waals surface area contributed by atoms with E-state index in [4.69, 9.17) is 4.42 Å². The summed E-state index contributed by atoms with van der Waals surface area (Å²) in [5.41, 5.74) is 1.08. The summed E-state index contributed by atoms with van der Waals surface area (Å²) in [5, 5.41) is 13.9. The van der Waals surface area contributed by atoms with E-state index >= 15 is 0 Å². The Balaban J connectivity index is 1.71. The Labute approximate surface area is 122 Å². The number of aromatic nitrogens is 1. The summed E-state index contributed by atoms with van der Waals surface area (Å²) >= 11 is 0. The number of oxazole rings is 1. The molecule has 1 saturated heterocycles. The van der Waals surface area contributed by atoms with E-state index in [1.807, 2.05) is 0 Å². The van der Waals surface area contributed by atoms with Crippen LogP contribution in [0.3, 0.4) is 0 Å². The first-order valence-electron chi connectivity index (χ1n) is 7.12. The van der Waals surface area contributed by atoms with Gasteiger partial charge in [0, 0.05) is 24.7 Å². The topological polar surface area (TPSA) is 84.4 Å². The van der Waals surface area contributed by atoms with E-state index in [9.17, 15) is 10.1 Å². The molecule has 0 radical (unpaired) electrons. The number of likely N-dealkylation sites (N-methyl/N-ethyl adjacent to an activating group) is 1. The molecule has 7 heteroatoms. The number of rotatable bonds is 4. The van der Waals surface area contributed by atoms with Gasteiger partial charge in [0.25, 0.3) is 11.7 Å².